The SMILES string of the molecule is CCOC(=O)N1[C@H]2C=C(OC)C=N[C@@H]1[C@@]1(C)C(=O)[C@]2(C)C(c2ccccc2)=C1c1ccccc1. The van der Waals surface area contributed by atoms with Gasteiger partial charge in [0, 0.05) is 0 Å². The van der Waals surface area contributed by atoms with E-state index < -0.39 is 29.1 Å². The molecule has 0 unspecified atom stereocenters. The van der Waals surface area contributed by atoms with Crippen molar-refractivity contribution in [3.05, 3.63) is 83.6 Å². The molecule has 3 aliphatic rings. The molecule has 0 saturated carbocycles. The van der Waals surface area contributed by atoms with Crippen LogP contribution in [0.2, 0.25) is 0 Å². The lowest BCUT2D eigenvalue weighted by Crippen LogP contribution is -2.65. The number of nitrogens with zero attached hydrogens (tertiary/aromatic N) is 2. The van der Waals surface area contributed by atoms with Crippen molar-refractivity contribution in [1.29, 1.82) is 0 Å². The lowest BCUT2D eigenvalue weighted by atomic mass is 9.64. The molecular weight excluding hydrogens is 428 g/mol. The minimum Gasteiger partial charge on any atom is -0.495 e. The van der Waals surface area contributed by atoms with Crippen molar-refractivity contribution in [2.24, 2.45) is 15.8 Å². The first-order chi connectivity index (χ1) is 16.4. The summed E-state index contributed by atoms with van der Waals surface area (Å²) in [6.07, 6.45) is 2.17. The summed E-state index contributed by atoms with van der Waals surface area (Å²) in [4.78, 5) is 34.3. The van der Waals surface area contributed by atoms with Crippen molar-refractivity contribution in [3.63, 3.8) is 0 Å². The summed E-state index contributed by atoms with van der Waals surface area (Å²) in [6.45, 7) is 5.85. The molecule has 0 N–H and O–H groups in total. The number of benzene rings is 2. The Morgan fingerprint density at radius 2 is 1.53 bits per heavy atom. The van der Waals surface area contributed by atoms with Gasteiger partial charge in [0.2, 0.25) is 0 Å². The lowest BCUT2D eigenvalue weighted by Gasteiger charge is -2.50. The van der Waals surface area contributed by atoms with Gasteiger partial charge in [0.15, 0.2) is 5.78 Å². The van der Waals surface area contributed by atoms with Crippen LogP contribution in [0.1, 0.15) is 31.9 Å². The predicted octanol–water partition coefficient (Wildman–Crippen LogP) is 4.97. The van der Waals surface area contributed by atoms with Gasteiger partial charge in [0.1, 0.15) is 11.9 Å². The number of allylic oxidation sites excluding steroid dienone is 1. The molecule has 0 radical (unpaired) electrons. The van der Waals surface area contributed by atoms with E-state index in [1.165, 1.54) is 0 Å². The number of ketones is 1. The highest BCUT2D eigenvalue weighted by Crippen LogP contribution is 2.66. The molecule has 2 aromatic carbocycles. The minimum absolute atomic E-state index is 0.0407. The summed E-state index contributed by atoms with van der Waals surface area (Å²) in [7, 11) is 1.56. The number of fused-ring (bicyclic) bond motifs is 6. The van der Waals surface area contributed by atoms with Gasteiger partial charge in [-0.25, -0.2) is 4.79 Å². The smallest absolute Gasteiger partial charge is 0.412 e. The Bertz CT molecular complexity index is 1230. The van der Waals surface area contributed by atoms with E-state index in [9.17, 15) is 9.59 Å². The lowest BCUT2D eigenvalue weighted by molar-refractivity contribution is -0.141. The van der Waals surface area contributed by atoms with E-state index >= 15 is 0 Å². The Hall–Kier alpha value is -3.67. The van der Waals surface area contributed by atoms with Crippen molar-refractivity contribution >= 4 is 29.2 Å². The maximum Gasteiger partial charge on any atom is 0.412 e. The van der Waals surface area contributed by atoms with Crippen molar-refractivity contribution < 1.29 is 19.1 Å². The molecule has 1 saturated heterocycles. The van der Waals surface area contributed by atoms with E-state index in [-0.39, 0.29) is 12.4 Å². The number of rotatable bonds is 4. The molecule has 1 aliphatic carbocycles. The molecular formula is C28H28N2O4. The zero-order chi connectivity index (χ0) is 24.1. The molecule has 6 nitrogen and oxygen atoms in total. The Morgan fingerprint density at radius 1 is 0.971 bits per heavy atom. The summed E-state index contributed by atoms with van der Waals surface area (Å²) >= 11 is 0. The second-order valence-electron chi connectivity index (χ2n) is 9.19. The summed E-state index contributed by atoms with van der Waals surface area (Å²) in [6, 6.07) is 19.3. The van der Waals surface area contributed by atoms with E-state index in [0.29, 0.717) is 5.76 Å². The van der Waals surface area contributed by atoms with Gasteiger partial charge in [0.25, 0.3) is 0 Å². The Kier molecular flexibility index (Phi) is 5.19. The fourth-order valence-electron chi connectivity index (χ4n) is 5.96. The molecule has 2 aromatic rings. The van der Waals surface area contributed by atoms with Crippen molar-refractivity contribution in [2.45, 2.75) is 33.0 Å². The van der Waals surface area contributed by atoms with Crippen LogP contribution < -0.4 is 0 Å². The molecule has 5 rings (SSSR count). The molecule has 4 bridgehead atoms. The predicted molar refractivity (Wildman–Crippen MR) is 131 cm³/mol. The van der Waals surface area contributed by atoms with Gasteiger partial charge < -0.3 is 9.47 Å². The Labute approximate surface area is 199 Å². The van der Waals surface area contributed by atoms with Gasteiger partial charge in [-0.05, 0) is 49.1 Å². The minimum atomic E-state index is -1.09. The summed E-state index contributed by atoms with van der Waals surface area (Å²) in [5.74, 6) is 0.555. The molecule has 0 aromatic heterocycles. The fraction of sp³-hybridized carbons (Fsp3) is 0.321. The van der Waals surface area contributed by atoms with E-state index in [1.54, 1.807) is 25.1 Å². The molecule has 6 heteroatoms. The van der Waals surface area contributed by atoms with Gasteiger partial charge in [-0.1, -0.05) is 60.7 Å². The Balaban J connectivity index is 1.89. The maximum atomic E-state index is 14.5. The molecule has 1 fully saturated rings. The van der Waals surface area contributed by atoms with Crippen LogP contribution in [0.5, 0.6) is 0 Å². The van der Waals surface area contributed by atoms with E-state index in [1.807, 2.05) is 80.6 Å². The number of methoxy groups -OCH3 is 1. The first-order valence-corrected chi connectivity index (χ1v) is 11.5. The largest absolute Gasteiger partial charge is 0.495 e. The monoisotopic (exact) mass is 456 g/mol. The molecule has 4 atom stereocenters. The topological polar surface area (TPSA) is 68.2 Å². The second kappa shape index (κ2) is 7.97. The average molecular weight is 457 g/mol. The summed E-state index contributed by atoms with van der Waals surface area (Å²) in [5.41, 5.74) is 1.59. The molecule has 0 spiro atoms. The van der Waals surface area contributed by atoms with E-state index in [0.717, 1.165) is 22.3 Å². The first-order valence-electron chi connectivity index (χ1n) is 11.5. The van der Waals surface area contributed by atoms with Crippen LogP contribution >= 0.6 is 0 Å². The number of ether oxygens (including phenoxy) is 2. The molecule has 34 heavy (non-hydrogen) atoms. The van der Waals surface area contributed by atoms with Crippen LogP contribution in [0.3, 0.4) is 0 Å². The van der Waals surface area contributed by atoms with Gasteiger partial charge >= 0.3 is 6.09 Å². The highest BCUT2D eigenvalue weighted by atomic mass is 16.6. The van der Waals surface area contributed by atoms with E-state index in [4.69, 9.17) is 14.5 Å². The quantitative estimate of drug-likeness (QED) is 0.651. The van der Waals surface area contributed by atoms with Crippen LogP contribution in [-0.2, 0) is 14.3 Å². The first kappa shape index (κ1) is 22.1. The molecule has 2 heterocycles. The number of piperidine rings is 1. The standard InChI is InChI=1S/C28H28N2O4/c1-5-34-26(32)30-21-16-20(33-4)17-29-25(30)28(3)23(19-14-10-7-11-15-19)22(27(21,2)24(28)31)18-12-8-6-9-13-18/h6-17,21,25H,5H2,1-4H3/t21-,25-,27-,28+/m0/s1. The number of carbonyl (C=O) groups is 2. The molecule has 174 valence electrons. The van der Waals surface area contributed by atoms with Crippen molar-refractivity contribution in [2.75, 3.05) is 13.7 Å². The highest BCUT2D eigenvalue weighted by Gasteiger charge is 2.70. The average Bonchev–Trinajstić information content (AvgIpc) is 2.98. The second-order valence-corrected chi connectivity index (χ2v) is 9.19. The zero-order valence-corrected chi connectivity index (χ0v) is 19.8. The van der Waals surface area contributed by atoms with Crippen LogP contribution in [0, 0.1) is 10.8 Å². The Morgan fingerprint density at radius 3 is 2.06 bits per heavy atom. The summed E-state index contributed by atoms with van der Waals surface area (Å²) < 4.78 is 11.0. The normalized spacial score (nSPS) is 29.6. The third-order valence-corrected chi connectivity index (χ3v) is 7.41. The van der Waals surface area contributed by atoms with Gasteiger partial charge in [-0.3, -0.25) is 14.7 Å². The van der Waals surface area contributed by atoms with Gasteiger partial charge in [0.05, 0.1) is 36.8 Å². The third-order valence-electron chi connectivity index (χ3n) is 7.41. The number of aliphatic imine (C=N–C) groups is 1. The molecule has 2 aliphatic heterocycles. The van der Waals surface area contributed by atoms with Crippen molar-refractivity contribution in [3.8, 4) is 0 Å². The number of hydrogen-bond donors (Lipinski definition) is 0. The number of amides is 1. The van der Waals surface area contributed by atoms with Gasteiger partial charge in [-0.15, -0.1) is 0 Å². The van der Waals surface area contributed by atoms with E-state index in [2.05, 4.69) is 0 Å². The summed E-state index contributed by atoms with van der Waals surface area (Å²) in [5, 5.41) is 0. The number of Topliss-reactive ketones (excluding diaryl/α,β-unsaturated/α-hetero) is 1. The number of carbonyl (C=O) groups excluding carboxylic acids is 2. The maximum absolute atomic E-state index is 14.5. The molecule has 1 amide bonds. The van der Waals surface area contributed by atoms with Gasteiger partial charge in [-0.2, -0.15) is 0 Å². The van der Waals surface area contributed by atoms with Crippen LogP contribution in [0.4, 0.5) is 4.79 Å². The highest BCUT2D eigenvalue weighted by molar-refractivity contribution is 6.23. The zero-order valence-electron chi connectivity index (χ0n) is 19.8. The van der Waals surface area contributed by atoms with Crippen LogP contribution in [-0.4, -0.2) is 48.9 Å². The fourth-order valence-corrected chi connectivity index (χ4v) is 5.96. The van der Waals surface area contributed by atoms with Crippen LogP contribution in [0.15, 0.2) is 77.5 Å². The third kappa shape index (κ3) is 2.84. The van der Waals surface area contributed by atoms with Crippen LogP contribution in [0.25, 0.3) is 11.1 Å². The van der Waals surface area contributed by atoms with Crippen molar-refractivity contribution in [1.82, 2.24) is 4.90 Å². The number of hydrogen-bond acceptors (Lipinski definition) is 5.